The molecular weight excluding hydrogens is 312 g/mol. The third kappa shape index (κ3) is 4.57. The van der Waals surface area contributed by atoms with Crippen LogP contribution in [0.4, 0.5) is 0 Å². The molecule has 2 rings (SSSR count). The van der Waals surface area contributed by atoms with E-state index < -0.39 is 0 Å². The molecule has 2 nitrogen and oxygen atoms in total. The van der Waals surface area contributed by atoms with E-state index in [1.54, 1.807) is 0 Å². The van der Waals surface area contributed by atoms with E-state index in [9.17, 15) is 0 Å². The quantitative estimate of drug-likeness (QED) is 0.864. The van der Waals surface area contributed by atoms with E-state index in [2.05, 4.69) is 71.3 Å². The van der Waals surface area contributed by atoms with Crippen LogP contribution in [0.1, 0.15) is 44.7 Å². The van der Waals surface area contributed by atoms with Gasteiger partial charge in [0.15, 0.2) is 0 Å². The standard InChI is InChI=1S/C17H27BrN2/c1-17(2)9-5-10-20(13-17)11-8-16(19-3)14-6-4-7-15(18)12-14/h4,6-7,12,16,19H,5,8-11,13H2,1-3H3. The van der Waals surface area contributed by atoms with E-state index >= 15 is 0 Å². The summed E-state index contributed by atoms with van der Waals surface area (Å²) in [5.41, 5.74) is 1.86. The van der Waals surface area contributed by atoms with Gasteiger partial charge in [0.05, 0.1) is 0 Å². The van der Waals surface area contributed by atoms with Gasteiger partial charge in [-0.05, 0) is 62.5 Å². The molecule has 1 aliphatic rings. The van der Waals surface area contributed by atoms with Crippen molar-refractivity contribution in [1.82, 2.24) is 10.2 Å². The van der Waals surface area contributed by atoms with Gasteiger partial charge in [0.1, 0.15) is 0 Å². The van der Waals surface area contributed by atoms with E-state index in [-0.39, 0.29) is 0 Å². The van der Waals surface area contributed by atoms with Crippen LogP contribution in [0.3, 0.4) is 0 Å². The maximum absolute atomic E-state index is 3.56. The average Bonchev–Trinajstić information content (AvgIpc) is 2.38. The molecule has 1 saturated heterocycles. The Morgan fingerprint density at radius 3 is 2.85 bits per heavy atom. The summed E-state index contributed by atoms with van der Waals surface area (Å²) in [5, 5.41) is 3.46. The molecule has 1 N–H and O–H groups in total. The lowest BCUT2D eigenvalue weighted by atomic mass is 9.84. The summed E-state index contributed by atoms with van der Waals surface area (Å²) in [6.45, 7) is 8.47. The fourth-order valence-electron chi connectivity index (χ4n) is 3.25. The number of halogens is 1. The highest BCUT2D eigenvalue weighted by Crippen LogP contribution is 2.29. The van der Waals surface area contributed by atoms with Crippen LogP contribution >= 0.6 is 15.9 Å². The maximum atomic E-state index is 3.56. The molecule has 112 valence electrons. The molecule has 20 heavy (non-hydrogen) atoms. The zero-order valence-electron chi connectivity index (χ0n) is 13.0. The van der Waals surface area contributed by atoms with Gasteiger partial charge in [0, 0.05) is 17.1 Å². The number of piperidine rings is 1. The number of hydrogen-bond acceptors (Lipinski definition) is 2. The van der Waals surface area contributed by atoms with Crippen LogP contribution in [0.25, 0.3) is 0 Å². The Bertz CT molecular complexity index is 431. The molecular formula is C17H27BrN2. The van der Waals surface area contributed by atoms with Gasteiger partial charge < -0.3 is 10.2 Å². The van der Waals surface area contributed by atoms with E-state index in [0.717, 1.165) is 4.47 Å². The van der Waals surface area contributed by atoms with E-state index in [0.29, 0.717) is 11.5 Å². The van der Waals surface area contributed by atoms with E-state index in [1.807, 2.05) is 0 Å². The van der Waals surface area contributed by atoms with Crippen LogP contribution in [0.2, 0.25) is 0 Å². The molecule has 1 aromatic rings. The molecule has 0 aromatic heterocycles. The topological polar surface area (TPSA) is 15.3 Å². The lowest BCUT2D eigenvalue weighted by Gasteiger charge is -2.38. The zero-order chi connectivity index (χ0) is 14.6. The zero-order valence-corrected chi connectivity index (χ0v) is 14.5. The Labute approximate surface area is 132 Å². The predicted octanol–water partition coefficient (Wildman–Crippen LogP) is 4.22. The number of hydrogen-bond donors (Lipinski definition) is 1. The number of nitrogens with zero attached hydrogens (tertiary/aromatic N) is 1. The first-order valence-corrected chi connectivity index (χ1v) is 8.44. The molecule has 1 fully saturated rings. The van der Waals surface area contributed by atoms with Crippen LogP contribution in [0.15, 0.2) is 28.7 Å². The molecule has 1 atom stereocenters. The largest absolute Gasteiger partial charge is 0.313 e. The molecule has 1 heterocycles. The first-order valence-electron chi connectivity index (χ1n) is 7.65. The normalized spacial score (nSPS) is 20.8. The second kappa shape index (κ2) is 7.06. The fourth-order valence-corrected chi connectivity index (χ4v) is 3.67. The smallest absolute Gasteiger partial charge is 0.0330 e. The number of likely N-dealkylation sites (tertiary alicyclic amines) is 1. The van der Waals surface area contributed by atoms with Crippen molar-refractivity contribution in [3.63, 3.8) is 0 Å². The monoisotopic (exact) mass is 338 g/mol. The van der Waals surface area contributed by atoms with Crippen molar-refractivity contribution >= 4 is 15.9 Å². The Morgan fingerprint density at radius 1 is 1.40 bits per heavy atom. The third-order valence-corrected chi connectivity index (χ3v) is 4.81. The van der Waals surface area contributed by atoms with Crippen molar-refractivity contribution in [2.45, 2.75) is 39.2 Å². The number of nitrogens with one attached hydrogen (secondary N) is 1. The van der Waals surface area contributed by atoms with Crippen molar-refractivity contribution in [2.75, 3.05) is 26.7 Å². The molecule has 1 unspecified atom stereocenters. The first kappa shape index (κ1) is 16.0. The van der Waals surface area contributed by atoms with E-state index in [1.165, 1.54) is 44.5 Å². The summed E-state index contributed by atoms with van der Waals surface area (Å²) in [6, 6.07) is 9.09. The molecule has 0 bridgehead atoms. The van der Waals surface area contributed by atoms with Crippen LogP contribution in [0, 0.1) is 5.41 Å². The molecule has 1 aliphatic heterocycles. The first-order chi connectivity index (χ1) is 9.50. The minimum absolute atomic E-state index is 0.442. The van der Waals surface area contributed by atoms with Gasteiger partial charge in [-0.25, -0.2) is 0 Å². The Hall–Kier alpha value is -0.380. The fraction of sp³-hybridized carbons (Fsp3) is 0.647. The second-order valence-corrected chi connectivity index (χ2v) is 7.64. The van der Waals surface area contributed by atoms with Crippen molar-refractivity contribution in [3.05, 3.63) is 34.3 Å². The van der Waals surface area contributed by atoms with Crippen LogP contribution in [-0.4, -0.2) is 31.6 Å². The SMILES string of the molecule is CNC(CCN1CCCC(C)(C)C1)c1cccc(Br)c1. The van der Waals surface area contributed by atoms with Gasteiger partial charge in [-0.15, -0.1) is 0 Å². The summed E-state index contributed by atoms with van der Waals surface area (Å²) in [5.74, 6) is 0. The highest BCUT2D eigenvalue weighted by molar-refractivity contribution is 9.10. The second-order valence-electron chi connectivity index (χ2n) is 6.73. The summed E-state index contributed by atoms with van der Waals surface area (Å²) in [7, 11) is 2.06. The maximum Gasteiger partial charge on any atom is 0.0330 e. The lowest BCUT2D eigenvalue weighted by Crippen LogP contribution is -2.41. The molecule has 0 radical (unpaired) electrons. The van der Waals surface area contributed by atoms with Crippen LogP contribution in [0.5, 0.6) is 0 Å². The van der Waals surface area contributed by atoms with Gasteiger partial charge in [-0.3, -0.25) is 0 Å². The summed E-state index contributed by atoms with van der Waals surface area (Å²) >= 11 is 3.56. The van der Waals surface area contributed by atoms with Gasteiger partial charge in [0.2, 0.25) is 0 Å². The van der Waals surface area contributed by atoms with Gasteiger partial charge >= 0.3 is 0 Å². The van der Waals surface area contributed by atoms with Crippen LogP contribution < -0.4 is 5.32 Å². The summed E-state index contributed by atoms with van der Waals surface area (Å²) in [4.78, 5) is 2.63. The van der Waals surface area contributed by atoms with Gasteiger partial charge in [0.25, 0.3) is 0 Å². The molecule has 3 heteroatoms. The molecule has 0 spiro atoms. The highest BCUT2D eigenvalue weighted by Gasteiger charge is 2.26. The number of rotatable bonds is 5. The van der Waals surface area contributed by atoms with Crippen molar-refractivity contribution in [1.29, 1.82) is 0 Å². The lowest BCUT2D eigenvalue weighted by molar-refractivity contribution is 0.113. The highest BCUT2D eigenvalue weighted by atomic mass is 79.9. The third-order valence-electron chi connectivity index (χ3n) is 4.31. The molecule has 0 amide bonds. The Morgan fingerprint density at radius 2 is 2.20 bits per heavy atom. The van der Waals surface area contributed by atoms with Crippen molar-refractivity contribution in [2.24, 2.45) is 5.41 Å². The predicted molar refractivity (Wildman–Crippen MR) is 90.0 cm³/mol. The van der Waals surface area contributed by atoms with E-state index in [4.69, 9.17) is 0 Å². The molecule has 1 aromatic carbocycles. The van der Waals surface area contributed by atoms with Gasteiger partial charge in [-0.2, -0.15) is 0 Å². The number of benzene rings is 1. The van der Waals surface area contributed by atoms with Crippen LogP contribution in [-0.2, 0) is 0 Å². The van der Waals surface area contributed by atoms with Gasteiger partial charge in [-0.1, -0.05) is 41.9 Å². The summed E-state index contributed by atoms with van der Waals surface area (Å²) < 4.78 is 1.16. The Balaban J connectivity index is 1.91. The van der Waals surface area contributed by atoms with Crippen molar-refractivity contribution in [3.8, 4) is 0 Å². The molecule has 0 aliphatic carbocycles. The Kier molecular flexibility index (Phi) is 5.65. The minimum atomic E-state index is 0.442. The minimum Gasteiger partial charge on any atom is -0.313 e. The molecule has 0 saturated carbocycles. The average molecular weight is 339 g/mol. The summed E-state index contributed by atoms with van der Waals surface area (Å²) in [6.07, 6.45) is 3.88. The van der Waals surface area contributed by atoms with Crippen molar-refractivity contribution < 1.29 is 0 Å².